The Labute approximate surface area is 166 Å². The second-order valence-electron chi connectivity index (χ2n) is 5.26. The largest absolute Gasteiger partial charge is 0.496 e. The number of hydrogen-bond acceptors (Lipinski definition) is 5. The van der Waals surface area contributed by atoms with Crippen LogP contribution in [0.4, 0.5) is 5.69 Å². The number of anilines is 1. The third kappa shape index (κ3) is 5.30. The molecule has 0 fully saturated rings. The molecule has 0 bridgehead atoms. The third-order valence-corrected chi connectivity index (χ3v) is 4.57. The first-order valence-corrected chi connectivity index (χ1v) is 9.52. The lowest BCUT2D eigenvalue weighted by atomic mass is 10.2. The second-order valence-corrected chi connectivity index (χ2v) is 7.01. The molecule has 0 aliphatic carbocycles. The van der Waals surface area contributed by atoms with E-state index in [1.807, 2.05) is 6.26 Å². The van der Waals surface area contributed by atoms with Crippen molar-refractivity contribution in [1.29, 1.82) is 0 Å². The van der Waals surface area contributed by atoms with Crippen molar-refractivity contribution >= 4 is 52.5 Å². The van der Waals surface area contributed by atoms with E-state index in [9.17, 15) is 9.59 Å². The number of thioether (sulfide) groups is 1. The zero-order valence-corrected chi connectivity index (χ0v) is 16.7. The van der Waals surface area contributed by atoms with Gasteiger partial charge in [-0.05, 0) is 49.6 Å². The minimum Gasteiger partial charge on any atom is -0.496 e. The van der Waals surface area contributed by atoms with Crippen molar-refractivity contribution in [3.05, 3.63) is 52.0 Å². The van der Waals surface area contributed by atoms with E-state index in [1.165, 1.54) is 25.8 Å². The number of ether oxygens (including phenoxy) is 2. The van der Waals surface area contributed by atoms with Crippen molar-refractivity contribution < 1.29 is 19.1 Å². The topological polar surface area (TPSA) is 64.6 Å². The summed E-state index contributed by atoms with van der Waals surface area (Å²) >= 11 is 13.3. The Morgan fingerprint density at radius 1 is 1.12 bits per heavy atom. The number of methoxy groups -OCH3 is 1. The first-order valence-electron chi connectivity index (χ1n) is 7.54. The Bertz CT molecular complexity index is 809. The number of benzene rings is 2. The molecule has 0 heterocycles. The van der Waals surface area contributed by atoms with E-state index >= 15 is 0 Å². The Balaban J connectivity index is 2.07. The molecule has 0 aromatic heterocycles. The molecule has 0 saturated heterocycles. The van der Waals surface area contributed by atoms with Crippen molar-refractivity contribution in [1.82, 2.24) is 0 Å². The van der Waals surface area contributed by atoms with Crippen molar-refractivity contribution in [2.45, 2.75) is 17.9 Å². The molecular weight excluding hydrogens is 397 g/mol. The maximum Gasteiger partial charge on any atom is 0.342 e. The highest BCUT2D eigenvalue weighted by Crippen LogP contribution is 2.26. The summed E-state index contributed by atoms with van der Waals surface area (Å²) in [4.78, 5) is 25.6. The summed E-state index contributed by atoms with van der Waals surface area (Å²) in [6, 6.07) is 9.76. The molecule has 2 aromatic carbocycles. The Morgan fingerprint density at radius 2 is 1.77 bits per heavy atom. The average molecular weight is 414 g/mol. The van der Waals surface area contributed by atoms with Crippen LogP contribution in [0.3, 0.4) is 0 Å². The molecular formula is C18H17Cl2NO4S. The lowest BCUT2D eigenvalue weighted by molar-refractivity contribution is -0.123. The van der Waals surface area contributed by atoms with Crippen LogP contribution in [0.2, 0.25) is 10.0 Å². The summed E-state index contributed by atoms with van der Waals surface area (Å²) in [6.45, 7) is 1.47. The van der Waals surface area contributed by atoms with Crippen LogP contribution in [0.15, 0.2) is 41.3 Å². The number of esters is 1. The summed E-state index contributed by atoms with van der Waals surface area (Å²) in [5.74, 6) is -0.770. The van der Waals surface area contributed by atoms with Crippen molar-refractivity contribution in [3.8, 4) is 5.75 Å². The van der Waals surface area contributed by atoms with Crippen LogP contribution in [-0.4, -0.2) is 31.3 Å². The van der Waals surface area contributed by atoms with E-state index < -0.39 is 18.0 Å². The fourth-order valence-corrected chi connectivity index (χ4v) is 3.07. The van der Waals surface area contributed by atoms with Crippen molar-refractivity contribution in [3.63, 3.8) is 0 Å². The predicted octanol–water partition coefficient (Wildman–Crippen LogP) is 4.91. The first-order chi connectivity index (χ1) is 12.3. The predicted molar refractivity (Wildman–Crippen MR) is 105 cm³/mol. The molecule has 0 spiro atoms. The van der Waals surface area contributed by atoms with Crippen LogP contribution in [0.1, 0.15) is 17.3 Å². The maximum absolute atomic E-state index is 12.4. The smallest absolute Gasteiger partial charge is 0.342 e. The van der Waals surface area contributed by atoms with Crippen LogP contribution in [-0.2, 0) is 9.53 Å². The minimum absolute atomic E-state index is 0.246. The molecule has 2 rings (SSSR count). The van der Waals surface area contributed by atoms with E-state index in [2.05, 4.69) is 5.32 Å². The van der Waals surface area contributed by atoms with Crippen molar-refractivity contribution in [2.24, 2.45) is 0 Å². The first kappa shape index (κ1) is 20.4. The second kappa shape index (κ2) is 9.16. The highest BCUT2D eigenvalue weighted by atomic mass is 35.5. The number of rotatable bonds is 6. The molecule has 0 aliphatic heterocycles. The number of halogens is 2. The molecule has 0 aliphatic rings. The zero-order chi connectivity index (χ0) is 19.3. The minimum atomic E-state index is -1.02. The maximum atomic E-state index is 12.4. The van der Waals surface area contributed by atoms with Gasteiger partial charge in [0.05, 0.1) is 7.11 Å². The lowest BCUT2D eigenvalue weighted by Gasteiger charge is -2.15. The van der Waals surface area contributed by atoms with Gasteiger partial charge in [-0.2, -0.15) is 0 Å². The van der Waals surface area contributed by atoms with E-state index in [1.54, 1.807) is 36.4 Å². The Hall–Kier alpha value is -1.89. The van der Waals surface area contributed by atoms with Crippen LogP contribution in [0.25, 0.3) is 0 Å². The van der Waals surface area contributed by atoms with Gasteiger partial charge in [0.25, 0.3) is 5.91 Å². The van der Waals surface area contributed by atoms with Crippen LogP contribution < -0.4 is 10.1 Å². The molecule has 8 heteroatoms. The molecule has 5 nitrogen and oxygen atoms in total. The summed E-state index contributed by atoms with van der Waals surface area (Å²) in [5, 5.41) is 3.38. The van der Waals surface area contributed by atoms with Gasteiger partial charge < -0.3 is 14.8 Å². The summed E-state index contributed by atoms with van der Waals surface area (Å²) < 4.78 is 10.5. The Morgan fingerprint density at radius 3 is 2.35 bits per heavy atom. The molecule has 0 radical (unpaired) electrons. The third-order valence-electron chi connectivity index (χ3n) is 3.41. The normalized spacial score (nSPS) is 11.6. The number of amides is 1. The van der Waals surface area contributed by atoms with Crippen molar-refractivity contribution in [2.75, 3.05) is 18.7 Å². The zero-order valence-electron chi connectivity index (χ0n) is 14.3. The summed E-state index contributed by atoms with van der Waals surface area (Å²) in [5.41, 5.74) is 0.660. The van der Waals surface area contributed by atoms with Crippen LogP contribution in [0.5, 0.6) is 5.75 Å². The van der Waals surface area contributed by atoms with Gasteiger partial charge in [0.15, 0.2) is 6.10 Å². The number of carbonyl (C=O) groups is 2. The molecule has 1 amide bonds. The van der Waals surface area contributed by atoms with Gasteiger partial charge in [-0.15, -0.1) is 11.8 Å². The van der Waals surface area contributed by atoms with Gasteiger partial charge in [0.2, 0.25) is 0 Å². The summed E-state index contributed by atoms with van der Waals surface area (Å²) in [7, 11) is 1.47. The average Bonchev–Trinajstić information content (AvgIpc) is 2.59. The number of hydrogen-bond donors (Lipinski definition) is 1. The monoisotopic (exact) mass is 413 g/mol. The van der Waals surface area contributed by atoms with Gasteiger partial charge in [-0.25, -0.2) is 4.79 Å². The molecule has 138 valence electrons. The SMILES string of the molecule is COc1cc(SC)ccc1C(=O)O[C@H](C)C(=O)Nc1cc(Cl)cc(Cl)c1. The summed E-state index contributed by atoms with van der Waals surface area (Å²) in [6.07, 6.45) is 0.895. The highest BCUT2D eigenvalue weighted by molar-refractivity contribution is 7.98. The van der Waals surface area contributed by atoms with Gasteiger partial charge in [0.1, 0.15) is 11.3 Å². The molecule has 0 unspecified atom stereocenters. The highest BCUT2D eigenvalue weighted by Gasteiger charge is 2.22. The van der Waals surface area contributed by atoms with Gasteiger partial charge in [-0.3, -0.25) is 4.79 Å². The van der Waals surface area contributed by atoms with Gasteiger partial charge in [0, 0.05) is 20.6 Å². The molecule has 0 saturated carbocycles. The van der Waals surface area contributed by atoms with E-state index in [4.69, 9.17) is 32.7 Å². The quantitative estimate of drug-likeness (QED) is 0.538. The fourth-order valence-electron chi connectivity index (χ4n) is 2.11. The van der Waals surface area contributed by atoms with E-state index in [-0.39, 0.29) is 5.56 Å². The van der Waals surface area contributed by atoms with E-state index in [0.29, 0.717) is 21.5 Å². The molecule has 26 heavy (non-hydrogen) atoms. The van der Waals surface area contributed by atoms with E-state index in [0.717, 1.165) is 4.90 Å². The van der Waals surface area contributed by atoms with Gasteiger partial charge in [-0.1, -0.05) is 23.2 Å². The fraction of sp³-hybridized carbons (Fsp3) is 0.222. The van der Waals surface area contributed by atoms with Crippen LogP contribution in [0, 0.1) is 0 Å². The molecule has 1 N–H and O–H groups in total. The molecule has 1 atom stereocenters. The number of carbonyl (C=O) groups excluding carboxylic acids is 2. The lowest BCUT2D eigenvalue weighted by Crippen LogP contribution is -2.30. The molecule has 2 aromatic rings. The standard InChI is InChI=1S/C18H17Cl2NO4S/c1-10(17(22)21-13-7-11(19)6-12(20)8-13)25-18(23)15-5-4-14(26-3)9-16(15)24-2/h4-10H,1-3H3,(H,21,22)/t10-/m1/s1. The Kier molecular flexibility index (Phi) is 7.20. The van der Waals surface area contributed by atoms with Crippen LogP contribution >= 0.6 is 35.0 Å². The number of nitrogens with one attached hydrogen (secondary N) is 1. The van der Waals surface area contributed by atoms with Gasteiger partial charge >= 0.3 is 5.97 Å².